The molecule has 266 valence electrons. The Bertz CT molecular complexity index is 1650. The molecule has 0 aliphatic carbocycles. The molecule has 0 saturated carbocycles. The monoisotopic (exact) mass is 708 g/mol. The molecule has 2 aromatic heterocycles. The number of aromatic nitrogens is 4. The van der Waals surface area contributed by atoms with Gasteiger partial charge in [-0.3, -0.25) is 9.59 Å². The minimum atomic E-state index is -4.83. The number of piperidine rings is 1. The molecule has 2 aliphatic rings. The molecule has 4 heterocycles. The van der Waals surface area contributed by atoms with Crippen LogP contribution in [0.4, 0.5) is 24.9 Å². The average Bonchev–Trinajstić information content (AvgIpc) is 3.67. The maximum atomic E-state index is 14.5. The summed E-state index contributed by atoms with van der Waals surface area (Å²) in [5.74, 6) is -1.31. The SMILES string of the molecule is Cc1ccn(-c2cc(Cl)ccc2C(Oc2cc(N3CCC4(CC3)CN[C@H](C(=O)OCCOC(=O)C(N)C(C)C)C4)nc(N)n2)C(F)(F)F)n1. The van der Waals surface area contributed by atoms with E-state index in [-0.39, 0.29) is 52.6 Å². The topological polar surface area (TPSA) is 173 Å². The molecule has 0 bridgehead atoms. The van der Waals surface area contributed by atoms with Crippen molar-refractivity contribution in [2.24, 2.45) is 17.1 Å². The van der Waals surface area contributed by atoms with Crippen molar-refractivity contribution in [2.45, 2.75) is 64.4 Å². The quantitative estimate of drug-likeness (QED) is 0.194. The second-order valence-corrected chi connectivity index (χ2v) is 13.2. The van der Waals surface area contributed by atoms with Crippen LogP contribution in [-0.2, 0) is 19.1 Å². The molecule has 2 aliphatic heterocycles. The number of carbonyl (C=O) groups excluding carboxylic acids is 2. The zero-order valence-corrected chi connectivity index (χ0v) is 28.1. The average molecular weight is 709 g/mol. The number of nitrogens with one attached hydrogen (secondary N) is 1. The molecule has 5 rings (SSSR count). The summed E-state index contributed by atoms with van der Waals surface area (Å²) in [6, 6.07) is 5.73. The first-order valence-corrected chi connectivity index (χ1v) is 16.3. The van der Waals surface area contributed by atoms with Crippen molar-refractivity contribution < 1.29 is 37.0 Å². The lowest BCUT2D eigenvalue weighted by atomic mass is 9.76. The molecule has 0 radical (unpaired) electrons. The Hall–Kier alpha value is -4.15. The first-order valence-electron chi connectivity index (χ1n) is 15.9. The molecule has 49 heavy (non-hydrogen) atoms. The Morgan fingerprint density at radius 2 is 1.84 bits per heavy atom. The van der Waals surface area contributed by atoms with Crippen LogP contribution in [0.3, 0.4) is 0 Å². The smallest absolute Gasteiger partial charge is 0.429 e. The Kier molecular flexibility index (Phi) is 10.9. The summed E-state index contributed by atoms with van der Waals surface area (Å²) in [4.78, 5) is 34.7. The highest BCUT2D eigenvalue weighted by atomic mass is 35.5. The van der Waals surface area contributed by atoms with E-state index in [2.05, 4.69) is 20.4 Å². The van der Waals surface area contributed by atoms with Gasteiger partial charge in [-0.15, -0.1) is 0 Å². The fraction of sp³-hybridized carbons (Fsp3) is 0.531. The van der Waals surface area contributed by atoms with Crippen LogP contribution in [0.5, 0.6) is 5.88 Å². The molecular weight excluding hydrogens is 669 g/mol. The van der Waals surface area contributed by atoms with E-state index in [0.717, 1.165) is 0 Å². The number of hydrogen-bond donors (Lipinski definition) is 3. The number of halogens is 4. The normalized spacial score (nSPS) is 18.8. The van der Waals surface area contributed by atoms with Gasteiger partial charge in [-0.25, -0.2) is 4.68 Å². The molecule has 3 atom stereocenters. The fourth-order valence-corrected chi connectivity index (χ4v) is 6.16. The number of benzene rings is 1. The van der Waals surface area contributed by atoms with Crippen LogP contribution in [0.25, 0.3) is 5.69 Å². The first kappa shape index (κ1) is 36.1. The number of esters is 2. The molecule has 0 amide bonds. The highest BCUT2D eigenvalue weighted by Gasteiger charge is 2.46. The largest absolute Gasteiger partial charge is 0.461 e. The van der Waals surface area contributed by atoms with E-state index in [4.69, 9.17) is 37.3 Å². The van der Waals surface area contributed by atoms with Gasteiger partial charge < -0.3 is 35.9 Å². The van der Waals surface area contributed by atoms with Gasteiger partial charge in [0.05, 0.1) is 11.4 Å². The standard InChI is InChI=1S/C32H40ClF3N8O5/c1-18(2)26(37)29(46)48-13-12-47-28(45)22-16-31(17-39-22)7-10-43(11-8-31)24-15-25(41-30(38)40-24)49-27(32(34,35)36)21-5-4-20(33)14-23(21)44-9-6-19(3)42-44/h4-6,9,14-15,18,22,26-27,39H,7-8,10-13,16-17,37H2,1-3H3,(H2,38,40,41)/t22-,26?,27?/m0/s1. The number of nitrogens with two attached hydrogens (primary N) is 2. The summed E-state index contributed by atoms with van der Waals surface area (Å²) in [7, 11) is 0. The number of nitrogen functional groups attached to an aromatic ring is 1. The van der Waals surface area contributed by atoms with Crippen molar-refractivity contribution in [3.63, 3.8) is 0 Å². The predicted molar refractivity (Wildman–Crippen MR) is 174 cm³/mol. The molecule has 3 aromatic rings. The van der Waals surface area contributed by atoms with Gasteiger partial charge in [-0.05, 0) is 55.7 Å². The van der Waals surface area contributed by atoms with Crippen LogP contribution in [0.1, 0.15) is 50.5 Å². The van der Waals surface area contributed by atoms with Gasteiger partial charge in [-0.2, -0.15) is 28.2 Å². The number of nitrogens with zero attached hydrogens (tertiary/aromatic N) is 5. The van der Waals surface area contributed by atoms with Crippen molar-refractivity contribution in [3.05, 3.63) is 52.8 Å². The third kappa shape index (κ3) is 8.72. The molecule has 1 aromatic carbocycles. The van der Waals surface area contributed by atoms with Crippen LogP contribution < -0.4 is 26.4 Å². The minimum Gasteiger partial charge on any atom is -0.461 e. The number of carbonyl (C=O) groups is 2. The van der Waals surface area contributed by atoms with E-state index in [1.165, 1.54) is 35.1 Å². The first-order chi connectivity index (χ1) is 23.1. The Balaban J connectivity index is 1.21. The third-order valence-electron chi connectivity index (χ3n) is 8.84. The van der Waals surface area contributed by atoms with Gasteiger partial charge >= 0.3 is 18.1 Å². The summed E-state index contributed by atoms with van der Waals surface area (Å²) < 4.78 is 60.9. The van der Waals surface area contributed by atoms with Crippen molar-refractivity contribution in [1.82, 2.24) is 25.1 Å². The lowest BCUT2D eigenvalue weighted by Gasteiger charge is -2.39. The number of anilines is 2. The van der Waals surface area contributed by atoms with Crippen LogP contribution in [0.15, 0.2) is 36.5 Å². The molecule has 2 fully saturated rings. The highest BCUT2D eigenvalue weighted by molar-refractivity contribution is 6.30. The number of aryl methyl sites for hydroxylation is 1. The van der Waals surface area contributed by atoms with Crippen LogP contribution in [0.2, 0.25) is 5.02 Å². The van der Waals surface area contributed by atoms with Gasteiger partial charge in [0.2, 0.25) is 17.9 Å². The maximum Gasteiger partial charge on any atom is 0.429 e. The van der Waals surface area contributed by atoms with Gasteiger partial charge in [0.15, 0.2) is 0 Å². The van der Waals surface area contributed by atoms with E-state index >= 15 is 0 Å². The lowest BCUT2D eigenvalue weighted by molar-refractivity contribution is -0.198. The van der Waals surface area contributed by atoms with E-state index in [9.17, 15) is 22.8 Å². The second kappa shape index (κ2) is 14.8. The molecule has 2 saturated heterocycles. The second-order valence-electron chi connectivity index (χ2n) is 12.8. The molecular formula is C32H40ClF3N8O5. The molecule has 2 unspecified atom stereocenters. The summed E-state index contributed by atoms with van der Waals surface area (Å²) in [5, 5.41) is 7.72. The molecule has 1 spiro atoms. The zero-order chi connectivity index (χ0) is 35.5. The van der Waals surface area contributed by atoms with Crippen molar-refractivity contribution in [3.8, 4) is 11.6 Å². The van der Waals surface area contributed by atoms with E-state index in [1.54, 1.807) is 13.0 Å². The Morgan fingerprint density at radius 3 is 2.49 bits per heavy atom. The van der Waals surface area contributed by atoms with Gasteiger partial charge in [-0.1, -0.05) is 31.5 Å². The summed E-state index contributed by atoms with van der Waals surface area (Å²) in [6.07, 6.45) is -3.81. The zero-order valence-electron chi connectivity index (χ0n) is 27.4. The molecule has 5 N–H and O–H groups in total. The van der Waals surface area contributed by atoms with Gasteiger partial charge in [0.1, 0.15) is 31.1 Å². The predicted octanol–water partition coefficient (Wildman–Crippen LogP) is 3.91. The van der Waals surface area contributed by atoms with E-state index < -0.39 is 36.3 Å². The van der Waals surface area contributed by atoms with E-state index in [0.29, 0.717) is 50.4 Å². The summed E-state index contributed by atoms with van der Waals surface area (Å²) in [6.45, 7) is 6.78. The Labute approximate surface area is 286 Å². The number of hydrogen-bond acceptors (Lipinski definition) is 12. The third-order valence-corrected chi connectivity index (χ3v) is 9.08. The van der Waals surface area contributed by atoms with Crippen LogP contribution >= 0.6 is 11.6 Å². The number of ether oxygens (including phenoxy) is 3. The number of alkyl halides is 3. The fourth-order valence-electron chi connectivity index (χ4n) is 5.99. The summed E-state index contributed by atoms with van der Waals surface area (Å²) >= 11 is 6.15. The van der Waals surface area contributed by atoms with Crippen molar-refractivity contribution >= 4 is 35.3 Å². The minimum absolute atomic E-state index is 0.0733. The Morgan fingerprint density at radius 1 is 1.12 bits per heavy atom. The summed E-state index contributed by atoms with van der Waals surface area (Å²) in [5.41, 5.74) is 12.0. The van der Waals surface area contributed by atoms with E-state index in [1.807, 2.05) is 18.7 Å². The number of rotatable bonds is 11. The molecule has 17 heteroatoms. The maximum absolute atomic E-state index is 14.5. The molecule has 13 nitrogen and oxygen atoms in total. The van der Waals surface area contributed by atoms with Crippen LogP contribution in [-0.4, -0.2) is 82.8 Å². The van der Waals surface area contributed by atoms with Crippen LogP contribution in [0, 0.1) is 18.3 Å². The lowest BCUT2D eigenvalue weighted by Crippen LogP contribution is -2.41. The highest BCUT2D eigenvalue weighted by Crippen LogP contribution is 2.42. The van der Waals surface area contributed by atoms with Gasteiger partial charge in [0.25, 0.3) is 0 Å². The van der Waals surface area contributed by atoms with Crippen molar-refractivity contribution in [1.29, 1.82) is 0 Å². The van der Waals surface area contributed by atoms with Crippen molar-refractivity contribution in [2.75, 3.05) is 43.5 Å². The van der Waals surface area contributed by atoms with Gasteiger partial charge in [0, 0.05) is 42.5 Å².